The number of carboxylic acids is 1. The van der Waals surface area contributed by atoms with Gasteiger partial charge in [0.1, 0.15) is 6.04 Å². The molecule has 0 saturated heterocycles. The van der Waals surface area contributed by atoms with E-state index in [9.17, 15) is 4.79 Å². The van der Waals surface area contributed by atoms with Gasteiger partial charge in [-0.25, -0.2) is 0 Å². The summed E-state index contributed by atoms with van der Waals surface area (Å²) in [5.74, 6) is -0.910. The summed E-state index contributed by atoms with van der Waals surface area (Å²) in [6, 6.07) is -0.713. The van der Waals surface area contributed by atoms with E-state index in [-0.39, 0.29) is 11.4 Å². The molecule has 0 rings (SSSR count). The zero-order chi connectivity index (χ0) is 6.73. The van der Waals surface area contributed by atoms with E-state index in [4.69, 9.17) is 10.8 Å². The smallest absolute Gasteiger partial charge is 0.320 e. The fourth-order valence-electron chi connectivity index (χ4n) is 0.285. The van der Waals surface area contributed by atoms with Gasteiger partial charge in [0, 0.05) is 0 Å². The number of aliphatic carboxylic acids is 1. The number of carbonyl (C=O) groups is 1. The summed E-state index contributed by atoms with van der Waals surface area (Å²) in [5, 5.41) is 8.23. The molecule has 4 heteroatoms. The van der Waals surface area contributed by atoms with Gasteiger partial charge in [0.2, 0.25) is 0 Å². The summed E-state index contributed by atoms with van der Waals surface area (Å²) < 4.78 is 0. The van der Waals surface area contributed by atoms with E-state index in [1.807, 2.05) is 0 Å². The van der Waals surface area contributed by atoms with E-state index >= 15 is 0 Å². The van der Waals surface area contributed by atoms with Crippen LogP contribution in [0, 0.1) is 5.92 Å². The van der Waals surface area contributed by atoms with Gasteiger partial charge in [0.05, 0.1) is 0 Å². The van der Waals surface area contributed by atoms with Gasteiger partial charge in [-0.3, -0.25) is 4.79 Å². The average molecular weight is 135 g/mol. The van der Waals surface area contributed by atoms with E-state index in [2.05, 4.69) is 0 Å². The van der Waals surface area contributed by atoms with Crippen molar-refractivity contribution in [1.29, 1.82) is 0 Å². The molecule has 0 heterocycles. The molecule has 0 aromatic heterocycles. The van der Waals surface area contributed by atoms with E-state index in [0.29, 0.717) is 0 Å². The van der Waals surface area contributed by atoms with Crippen molar-refractivity contribution < 1.29 is 15.4 Å². The van der Waals surface area contributed by atoms with E-state index in [1.165, 1.54) is 0 Å². The van der Waals surface area contributed by atoms with Crippen LogP contribution in [0.4, 0.5) is 0 Å². The summed E-state index contributed by atoms with van der Waals surface area (Å²) >= 11 is 0. The van der Waals surface area contributed by atoms with Gasteiger partial charge in [-0.2, -0.15) is 0 Å². The highest BCUT2D eigenvalue weighted by atomic mass is 16.4. The second-order valence-corrected chi connectivity index (χ2v) is 2.11. The van der Waals surface area contributed by atoms with E-state index < -0.39 is 12.0 Å². The maximum Gasteiger partial charge on any atom is 0.320 e. The van der Waals surface area contributed by atoms with Crippen molar-refractivity contribution >= 4 is 5.97 Å². The second kappa shape index (κ2) is 4.29. The second-order valence-electron chi connectivity index (χ2n) is 2.11. The molecule has 0 aliphatic carbocycles. The minimum atomic E-state index is -0.931. The lowest BCUT2D eigenvalue weighted by atomic mass is 10.1. The molecule has 9 heavy (non-hydrogen) atoms. The first-order valence-corrected chi connectivity index (χ1v) is 2.54. The molecule has 0 aromatic carbocycles. The summed E-state index contributed by atoms with van der Waals surface area (Å²) in [4.78, 5) is 10.0. The van der Waals surface area contributed by atoms with Gasteiger partial charge in [0.25, 0.3) is 0 Å². The molecule has 1 unspecified atom stereocenters. The Kier molecular flexibility index (Phi) is 5.34. The van der Waals surface area contributed by atoms with Crippen molar-refractivity contribution in [2.24, 2.45) is 11.7 Å². The molecular weight excluding hydrogens is 122 g/mol. The average Bonchev–Trinajstić information content (AvgIpc) is 1.64. The fourth-order valence-corrected chi connectivity index (χ4v) is 0.285. The fraction of sp³-hybridized carbons (Fsp3) is 0.800. The molecule has 5 N–H and O–H groups in total. The van der Waals surface area contributed by atoms with Crippen LogP contribution in [0.1, 0.15) is 13.8 Å². The number of hydrogen-bond donors (Lipinski definition) is 2. The zero-order valence-corrected chi connectivity index (χ0v) is 5.59. The van der Waals surface area contributed by atoms with Crippen LogP contribution in [-0.4, -0.2) is 22.6 Å². The molecule has 0 aromatic rings. The van der Waals surface area contributed by atoms with Crippen molar-refractivity contribution in [3.63, 3.8) is 0 Å². The van der Waals surface area contributed by atoms with Gasteiger partial charge in [-0.15, -0.1) is 0 Å². The van der Waals surface area contributed by atoms with Gasteiger partial charge in [-0.1, -0.05) is 13.8 Å². The quantitative estimate of drug-likeness (QED) is 0.520. The van der Waals surface area contributed by atoms with Crippen LogP contribution < -0.4 is 5.73 Å². The minimum absolute atomic E-state index is 0. The van der Waals surface area contributed by atoms with Crippen molar-refractivity contribution in [3.8, 4) is 0 Å². The normalized spacial score (nSPS) is 12.4. The molecular formula is C5H13NO3. The van der Waals surface area contributed by atoms with Gasteiger partial charge in [-0.05, 0) is 5.92 Å². The molecule has 0 aliphatic heterocycles. The highest BCUT2D eigenvalue weighted by Crippen LogP contribution is 1.96. The Morgan fingerprint density at radius 1 is 1.56 bits per heavy atom. The topological polar surface area (TPSA) is 94.8 Å². The van der Waals surface area contributed by atoms with Crippen LogP contribution in [0.3, 0.4) is 0 Å². The Morgan fingerprint density at radius 2 is 1.89 bits per heavy atom. The lowest BCUT2D eigenvalue weighted by Crippen LogP contribution is -2.34. The van der Waals surface area contributed by atoms with Crippen LogP contribution in [-0.2, 0) is 4.79 Å². The first kappa shape index (κ1) is 11.2. The molecule has 56 valence electrons. The predicted molar refractivity (Wildman–Crippen MR) is 34.1 cm³/mol. The van der Waals surface area contributed by atoms with Crippen LogP contribution in [0.5, 0.6) is 0 Å². The molecule has 0 radical (unpaired) electrons. The first-order chi connectivity index (χ1) is 3.55. The third-order valence-electron chi connectivity index (χ3n) is 1.00. The molecule has 0 aliphatic rings. The van der Waals surface area contributed by atoms with E-state index in [0.717, 1.165) is 0 Å². The third-order valence-corrected chi connectivity index (χ3v) is 1.00. The predicted octanol–water partition coefficient (Wildman–Crippen LogP) is -0.770. The monoisotopic (exact) mass is 135 g/mol. The molecule has 0 fully saturated rings. The first-order valence-electron chi connectivity index (χ1n) is 2.54. The van der Waals surface area contributed by atoms with Crippen LogP contribution in [0.15, 0.2) is 0 Å². The van der Waals surface area contributed by atoms with Gasteiger partial charge < -0.3 is 16.3 Å². The molecule has 0 bridgehead atoms. The molecule has 4 nitrogen and oxygen atoms in total. The molecule has 0 spiro atoms. The highest BCUT2D eigenvalue weighted by Gasteiger charge is 2.14. The standard InChI is InChI=1S/C5H11NO2.H2O/c1-3(2)4(6)5(7)8;/h3-4H,6H2,1-2H3,(H,7,8);1H2. The number of carboxylic acid groups (broad SMARTS) is 1. The Balaban J connectivity index is 0. The lowest BCUT2D eigenvalue weighted by Gasteiger charge is -2.07. The summed E-state index contributed by atoms with van der Waals surface area (Å²) in [5.41, 5.74) is 5.16. The Bertz CT molecular complexity index is 92.2. The Labute approximate surface area is 54.0 Å². The Morgan fingerprint density at radius 3 is 1.89 bits per heavy atom. The summed E-state index contributed by atoms with van der Waals surface area (Å²) in [7, 11) is 0. The lowest BCUT2D eigenvalue weighted by molar-refractivity contribution is -0.139. The Hall–Kier alpha value is -0.610. The van der Waals surface area contributed by atoms with Crippen LogP contribution in [0.2, 0.25) is 0 Å². The van der Waals surface area contributed by atoms with Crippen molar-refractivity contribution in [3.05, 3.63) is 0 Å². The van der Waals surface area contributed by atoms with Crippen molar-refractivity contribution in [2.75, 3.05) is 0 Å². The van der Waals surface area contributed by atoms with Gasteiger partial charge in [0.15, 0.2) is 0 Å². The highest BCUT2D eigenvalue weighted by molar-refractivity contribution is 5.73. The maximum absolute atomic E-state index is 10.0. The van der Waals surface area contributed by atoms with Crippen LogP contribution >= 0.6 is 0 Å². The number of nitrogens with two attached hydrogens (primary N) is 1. The minimum Gasteiger partial charge on any atom is -0.480 e. The van der Waals surface area contributed by atoms with E-state index in [1.54, 1.807) is 13.8 Å². The third kappa shape index (κ3) is 3.93. The largest absolute Gasteiger partial charge is 0.480 e. The summed E-state index contributed by atoms with van der Waals surface area (Å²) in [6.07, 6.45) is 0. The van der Waals surface area contributed by atoms with Crippen molar-refractivity contribution in [2.45, 2.75) is 19.9 Å². The number of rotatable bonds is 2. The van der Waals surface area contributed by atoms with Gasteiger partial charge >= 0.3 is 5.97 Å². The number of hydrogen-bond acceptors (Lipinski definition) is 2. The molecule has 1 atom stereocenters. The maximum atomic E-state index is 10.0. The van der Waals surface area contributed by atoms with Crippen LogP contribution in [0.25, 0.3) is 0 Å². The SMILES string of the molecule is CC(C)C(N)C(=O)O.O. The van der Waals surface area contributed by atoms with Crippen molar-refractivity contribution in [1.82, 2.24) is 0 Å². The zero-order valence-electron chi connectivity index (χ0n) is 5.59. The molecule has 0 amide bonds. The summed E-state index contributed by atoms with van der Waals surface area (Å²) in [6.45, 7) is 3.55. The molecule has 0 saturated carbocycles.